The van der Waals surface area contributed by atoms with Gasteiger partial charge in [-0.3, -0.25) is 0 Å². The lowest BCUT2D eigenvalue weighted by molar-refractivity contribution is 0.405. The second-order valence-corrected chi connectivity index (χ2v) is 4.84. The van der Waals surface area contributed by atoms with Crippen molar-refractivity contribution in [2.45, 2.75) is 39.7 Å². The average molecular weight is 238 g/mol. The van der Waals surface area contributed by atoms with Gasteiger partial charge in [-0.15, -0.1) is 0 Å². The molecule has 0 aliphatic heterocycles. The minimum atomic E-state index is 0.987. The number of unbranched alkanes of at least 4 members (excludes halogenated alkanes) is 1. The summed E-state index contributed by atoms with van der Waals surface area (Å²) in [7, 11) is 4.21. The Bertz CT molecular complexity index is 317. The SMILES string of the molecule is CCCCn1cc(C)nc1NCCCN(C)C. The molecule has 0 saturated carbocycles. The van der Waals surface area contributed by atoms with Crippen molar-refractivity contribution in [2.24, 2.45) is 0 Å². The van der Waals surface area contributed by atoms with E-state index in [0.717, 1.165) is 37.7 Å². The number of rotatable bonds is 8. The maximum absolute atomic E-state index is 4.52. The number of nitrogens with one attached hydrogen (secondary N) is 1. The van der Waals surface area contributed by atoms with Crippen LogP contribution in [0.3, 0.4) is 0 Å². The lowest BCUT2D eigenvalue weighted by Gasteiger charge is -2.11. The van der Waals surface area contributed by atoms with Crippen molar-refractivity contribution >= 4 is 5.95 Å². The van der Waals surface area contributed by atoms with Crippen molar-refractivity contribution in [3.05, 3.63) is 11.9 Å². The van der Waals surface area contributed by atoms with Crippen molar-refractivity contribution < 1.29 is 0 Å². The van der Waals surface area contributed by atoms with Crippen LogP contribution in [0.5, 0.6) is 0 Å². The first-order chi connectivity index (χ1) is 8.13. The van der Waals surface area contributed by atoms with Crippen LogP contribution < -0.4 is 5.32 Å². The van der Waals surface area contributed by atoms with Crippen molar-refractivity contribution in [2.75, 3.05) is 32.5 Å². The van der Waals surface area contributed by atoms with E-state index < -0.39 is 0 Å². The van der Waals surface area contributed by atoms with Gasteiger partial charge in [-0.1, -0.05) is 13.3 Å². The van der Waals surface area contributed by atoms with Crippen LogP contribution in [-0.2, 0) is 6.54 Å². The maximum atomic E-state index is 4.52. The molecule has 0 radical (unpaired) electrons. The number of hydrogen-bond acceptors (Lipinski definition) is 3. The molecule has 1 aromatic heterocycles. The molecule has 0 unspecified atom stereocenters. The van der Waals surface area contributed by atoms with Crippen LogP contribution in [0.15, 0.2) is 6.20 Å². The van der Waals surface area contributed by atoms with Gasteiger partial charge >= 0.3 is 0 Å². The fourth-order valence-corrected chi connectivity index (χ4v) is 1.78. The zero-order valence-corrected chi connectivity index (χ0v) is 11.7. The standard InChI is InChI=1S/C13H26N4/c1-5-6-10-17-11-12(2)15-13(17)14-8-7-9-16(3)4/h11H,5-10H2,1-4H3,(H,14,15). The van der Waals surface area contributed by atoms with Crippen LogP contribution in [0.4, 0.5) is 5.95 Å². The fourth-order valence-electron chi connectivity index (χ4n) is 1.78. The molecule has 1 heterocycles. The van der Waals surface area contributed by atoms with E-state index in [9.17, 15) is 0 Å². The lowest BCUT2D eigenvalue weighted by Crippen LogP contribution is -2.17. The van der Waals surface area contributed by atoms with Gasteiger partial charge in [-0.05, 0) is 40.4 Å². The Hall–Kier alpha value is -1.03. The Morgan fingerprint density at radius 2 is 2.12 bits per heavy atom. The van der Waals surface area contributed by atoms with Crippen molar-refractivity contribution in [3.63, 3.8) is 0 Å². The van der Waals surface area contributed by atoms with E-state index in [4.69, 9.17) is 0 Å². The number of hydrogen-bond donors (Lipinski definition) is 1. The Morgan fingerprint density at radius 1 is 1.35 bits per heavy atom. The molecule has 0 atom stereocenters. The molecule has 0 saturated heterocycles. The molecule has 0 spiro atoms. The zero-order valence-electron chi connectivity index (χ0n) is 11.7. The summed E-state index contributed by atoms with van der Waals surface area (Å²) in [5.74, 6) is 1.02. The van der Waals surface area contributed by atoms with E-state index in [1.807, 2.05) is 6.92 Å². The smallest absolute Gasteiger partial charge is 0.203 e. The van der Waals surface area contributed by atoms with Crippen LogP contribution in [-0.4, -0.2) is 41.6 Å². The zero-order chi connectivity index (χ0) is 12.7. The Kier molecular flexibility index (Phi) is 6.05. The van der Waals surface area contributed by atoms with Crippen LogP contribution in [0, 0.1) is 6.92 Å². The molecular weight excluding hydrogens is 212 g/mol. The number of anilines is 1. The number of aromatic nitrogens is 2. The van der Waals surface area contributed by atoms with Crippen LogP contribution in [0.2, 0.25) is 0 Å². The number of nitrogens with zero attached hydrogens (tertiary/aromatic N) is 3. The predicted molar refractivity (Wildman–Crippen MR) is 73.5 cm³/mol. The summed E-state index contributed by atoms with van der Waals surface area (Å²) in [4.78, 5) is 6.72. The minimum absolute atomic E-state index is 0.987. The first kappa shape index (κ1) is 14.0. The molecule has 98 valence electrons. The Labute approximate surface area is 105 Å². The molecule has 17 heavy (non-hydrogen) atoms. The van der Waals surface area contributed by atoms with Gasteiger partial charge in [0.05, 0.1) is 5.69 Å². The highest BCUT2D eigenvalue weighted by atomic mass is 15.2. The van der Waals surface area contributed by atoms with E-state index in [-0.39, 0.29) is 0 Å². The van der Waals surface area contributed by atoms with Crippen LogP contribution >= 0.6 is 0 Å². The molecule has 1 aromatic rings. The van der Waals surface area contributed by atoms with Gasteiger partial charge in [-0.25, -0.2) is 4.98 Å². The summed E-state index contributed by atoms with van der Waals surface area (Å²) in [6.45, 7) is 7.43. The molecule has 0 fully saturated rings. The van der Waals surface area contributed by atoms with Gasteiger partial charge in [-0.2, -0.15) is 0 Å². The summed E-state index contributed by atoms with van der Waals surface area (Å²) in [6, 6.07) is 0. The average Bonchev–Trinajstić information content (AvgIpc) is 2.62. The first-order valence-electron chi connectivity index (χ1n) is 6.56. The summed E-state index contributed by atoms with van der Waals surface area (Å²) < 4.78 is 2.23. The molecule has 0 aliphatic rings. The third kappa shape index (κ3) is 5.22. The molecule has 4 heteroatoms. The second kappa shape index (κ2) is 7.33. The lowest BCUT2D eigenvalue weighted by atomic mass is 10.3. The van der Waals surface area contributed by atoms with E-state index in [0.29, 0.717) is 0 Å². The largest absolute Gasteiger partial charge is 0.356 e. The van der Waals surface area contributed by atoms with Gasteiger partial charge in [0.1, 0.15) is 0 Å². The van der Waals surface area contributed by atoms with Gasteiger partial charge in [0.2, 0.25) is 5.95 Å². The summed E-state index contributed by atoms with van der Waals surface area (Å²) in [5.41, 5.74) is 1.09. The van der Waals surface area contributed by atoms with Gasteiger partial charge in [0.25, 0.3) is 0 Å². The van der Waals surface area contributed by atoms with E-state index in [1.54, 1.807) is 0 Å². The van der Waals surface area contributed by atoms with Gasteiger partial charge in [0.15, 0.2) is 0 Å². The highest BCUT2D eigenvalue weighted by molar-refractivity contribution is 5.28. The van der Waals surface area contributed by atoms with Crippen molar-refractivity contribution in [3.8, 4) is 0 Å². The summed E-state index contributed by atoms with van der Waals surface area (Å²) >= 11 is 0. The molecule has 0 aromatic carbocycles. The molecule has 1 rings (SSSR count). The van der Waals surface area contributed by atoms with Gasteiger partial charge in [0, 0.05) is 19.3 Å². The summed E-state index contributed by atoms with van der Waals surface area (Å²) in [6.07, 6.45) is 5.70. The first-order valence-corrected chi connectivity index (χ1v) is 6.56. The fraction of sp³-hybridized carbons (Fsp3) is 0.769. The second-order valence-electron chi connectivity index (χ2n) is 4.84. The molecule has 1 N–H and O–H groups in total. The predicted octanol–water partition coefficient (Wildman–Crippen LogP) is 2.36. The number of imidazole rings is 1. The third-order valence-electron chi connectivity index (χ3n) is 2.71. The highest BCUT2D eigenvalue weighted by Gasteiger charge is 2.04. The van der Waals surface area contributed by atoms with Crippen LogP contribution in [0.25, 0.3) is 0 Å². The third-order valence-corrected chi connectivity index (χ3v) is 2.71. The minimum Gasteiger partial charge on any atom is -0.356 e. The van der Waals surface area contributed by atoms with Crippen LogP contribution in [0.1, 0.15) is 31.9 Å². The normalized spacial score (nSPS) is 11.1. The van der Waals surface area contributed by atoms with Crippen molar-refractivity contribution in [1.82, 2.24) is 14.5 Å². The monoisotopic (exact) mass is 238 g/mol. The van der Waals surface area contributed by atoms with E-state index in [2.05, 4.69) is 47.0 Å². The quantitative estimate of drug-likeness (QED) is 0.706. The topological polar surface area (TPSA) is 33.1 Å². The Morgan fingerprint density at radius 3 is 2.76 bits per heavy atom. The highest BCUT2D eigenvalue weighted by Crippen LogP contribution is 2.09. The molecule has 0 amide bonds. The molecule has 0 aliphatic carbocycles. The Balaban J connectivity index is 2.40. The van der Waals surface area contributed by atoms with Gasteiger partial charge < -0.3 is 14.8 Å². The van der Waals surface area contributed by atoms with E-state index in [1.165, 1.54) is 12.8 Å². The number of aryl methyl sites for hydroxylation is 2. The maximum Gasteiger partial charge on any atom is 0.203 e. The van der Waals surface area contributed by atoms with E-state index >= 15 is 0 Å². The van der Waals surface area contributed by atoms with Crippen molar-refractivity contribution in [1.29, 1.82) is 0 Å². The molecule has 0 bridgehead atoms. The molecular formula is C13H26N4. The molecule has 4 nitrogen and oxygen atoms in total. The summed E-state index contributed by atoms with van der Waals surface area (Å²) in [5, 5.41) is 3.42.